The Balaban J connectivity index is 1.35. The van der Waals surface area contributed by atoms with E-state index in [4.69, 9.17) is 4.74 Å². The lowest BCUT2D eigenvalue weighted by atomic mass is 10.1. The number of nitrogens with one attached hydrogen (secondary N) is 2. The average Bonchev–Trinajstić information content (AvgIpc) is 3.58. The van der Waals surface area contributed by atoms with Gasteiger partial charge in [0.1, 0.15) is 29.2 Å². The maximum absolute atomic E-state index is 14.1. The number of nitrogens with zero attached hydrogens (tertiary/aromatic N) is 4. The summed E-state index contributed by atoms with van der Waals surface area (Å²) in [6.07, 6.45) is 5.22. The third kappa shape index (κ3) is 4.71. The van der Waals surface area contributed by atoms with Gasteiger partial charge in [-0.1, -0.05) is 5.92 Å². The van der Waals surface area contributed by atoms with E-state index in [2.05, 4.69) is 37.4 Å². The lowest BCUT2D eigenvalue weighted by Crippen LogP contribution is -2.55. The second kappa shape index (κ2) is 8.83. The molecule has 1 aliphatic heterocycles. The van der Waals surface area contributed by atoms with Gasteiger partial charge in [0, 0.05) is 37.1 Å². The Bertz CT molecular complexity index is 1370. The number of anilines is 2. The number of likely N-dealkylation sites (tertiary alicyclic amines) is 1. The van der Waals surface area contributed by atoms with Crippen molar-refractivity contribution in [3.05, 3.63) is 48.0 Å². The molecule has 0 aromatic carbocycles. The first kappa shape index (κ1) is 22.5. The van der Waals surface area contributed by atoms with Gasteiger partial charge >= 0.3 is 0 Å². The van der Waals surface area contributed by atoms with Crippen molar-refractivity contribution in [2.75, 3.05) is 30.8 Å². The van der Waals surface area contributed by atoms with Gasteiger partial charge in [-0.2, -0.15) is 0 Å². The summed E-state index contributed by atoms with van der Waals surface area (Å²) in [5.41, 5.74) is -0.641. The number of ether oxygens (including phenoxy) is 1. The predicted octanol–water partition coefficient (Wildman–Crippen LogP) is 2.52. The standard InChI is InChI=1S/C25H23FN6O3/c1-15(33)32-13-19(14-32)35-18-6-5-17(28-11-18)4-3-16-10-30-23(27-2)21-12-29-22(9-20(16)21)31-24(34)25(26)7-8-25/h5-6,9-12,19H,7-8,13-14H2,1-2H3,(H,27,30)(H,29,31,34). The molecule has 0 atom stereocenters. The number of hydrogen-bond donors (Lipinski definition) is 2. The Kier molecular flexibility index (Phi) is 5.68. The number of alkyl halides is 1. The van der Waals surface area contributed by atoms with Crippen LogP contribution in [0, 0.1) is 11.8 Å². The fourth-order valence-corrected chi connectivity index (χ4v) is 3.68. The van der Waals surface area contributed by atoms with Crippen LogP contribution in [-0.4, -0.2) is 63.6 Å². The van der Waals surface area contributed by atoms with Gasteiger partial charge < -0.3 is 20.3 Å². The molecule has 1 aliphatic carbocycles. The number of fused-ring (bicyclic) bond motifs is 1. The molecular formula is C25H23FN6O3. The normalized spacial score (nSPS) is 16.0. The number of carbonyl (C=O) groups excluding carboxylic acids is 2. The summed E-state index contributed by atoms with van der Waals surface area (Å²) < 4.78 is 19.9. The minimum absolute atomic E-state index is 0.0313. The molecule has 2 aliphatic rings. The Morgan fingerprint density at radius 1 is 1.11 bits per heavy atom. The summed E-state index contributed by atoms with van der Waals surface area (Å²) in [5, 5.41) is 7.00. The number of amides is 2. The predicted molar refractivity (Wildman–Crippen MR) is 128 cm³/mol. The number of hydrogen-bond acceptors (Lipinski definition) is 7. The van der Waals surface area contributed by atoms with Crippen molar-refractivity contribution < 1.29 is 18.7 Å². The largest absolute Gasteiger partial charge is 0.485 e. The van der Waals surface area contributed by atoms with E-state index in [1.165, 1.54) is 6.92 Å². The third-order valence-corrected chi connectivity index (χ3v) is 6.00. The van der Waals surface area contributed by atoms with Gasteiger partial charge in [0.25, 0.3) is 5.91 Å². The van der Waals surface area contributed by atoms with E-state index in [0.29, 0.717) is 41.3 Å². The van der Waals surface area contributed by atoms with Crippen LogP contribution < -0.4 is 15.4 Å². The van der Waals surface area contributed by atoms with Crippen molar-refractivity contribution in [2.45, 2.75) is 31.5 Å². The summed E-state index contributed by atoms with van der Waals surface area (Å²) in [4.78, 5) is 38.1. The number of pyridine rings is 3. The lowest BCUT2D eigenvalue weighted by Gasteiger charge is -2.38. The highest BCUT2D eigenvalue weighted by atomic mass is 19.1. The summed E-state index contributed by atoms with van der Waals surface area (Å²) >= 11 is 0. The molecule has 4 heterocycles. The van der Waals surface area contributed by atoms with Crippen LogP contribution in [0.3, 0.4) is 0 Å². The van der Waals surface area contributed by atoms with Gasteiger partial charge in [-0.15, -0.1) is 0 Å². The van der Waals surface area contributed by atoms with E-state index in [9.17, 15) is 14.0 Å². The highest BCUT2D eigenvalue weighted by molar-refractivity contribution is 6.01. The van der Waals surface area contributed by atoms with Crippen molar-refractivity contribution in [1.82, 2.24) is 19.9 Å². The number of aromatic nitrogens is 3. The van der Waals surface area contributed by atoms with Crippen LogP contribution >= 0.6 is 0 Å². The van der Waals surface area contributed by atoms with Gasteiger partial charge in [-0.3, -0.25) is 9.59 Å². The van der Waals surface area contributed by atoms with E-state index in [0.717, 1.165) is 5.39 Å². The quantitative estimate of drug-likeness (QED) is 0.547. The summed E-state index contributed by atoms with van der Waals surface area (Å²) in [6.45, 7) is 2.68. The highest BCUT2D eigenvalue weighted by Gasteiger charge is 2.51. The zero-order valence-corrected chi connectivity index (χ0v) is 19.3. The Hall–Kier alpha value is -4.26. The first-order valence-corrected chi connectivity index (χ1v) is 11.2. The molecule has 0 bridgehead atoms. The molecule has 0 unspecified atom stereocenters. The Morgan fingerprint density at radius 3 is 2.57 bits per heavy atom. The van der Waals surface area contributed by atoms with E-state index >= 15 is 0 Å². The summed E-state index contributed by atoms with van der Waals surface area (Å²) in [6, 6.07) is 5.21. The molecule has 178 valence electrons. The van der Waals surface area contributed by atoms with Crippen molar-refractivity contribution in [3.63, 3.8) is 0 Å². The molecule has 2 fully saturated rings. The zero-order valence-electron chi connectivity index (χ0n) is 19.3. The number of carbonyl (C=O) groups is 2. The van der Waals surface area contributed by atoms with Crippen molar-refractivity contribution in [3.8, 4) is 17.6 Å². The topological polar surface area (TPSA) is 109 Å². The monoisotopic (exact) mass is 474 g/mol. The van der Waals surface area contributed by atoms with E-state index in [1.807, 2.05) is 0 Å². The molecular weight excluding hydrogens is 451 g/mol. The second-order valence-corrected chi connectivity index (χ2v) is 8.60. The first-order valence-electron chi connectivity index (χ1n) is 11.2. The second-order valence-electron chi connectivity index (χ2n) is 8.60. The van der Waals surface area contributed by atoms with Gasteiger partial charge in [-0.05, 0) is 37.0 Å². The molecule has 2 amide bonds. The van der Waals surface area contributed by atoms with Crippen LogP contribution in [-0.2, 0) is 9.59 Å². The highest BCUT2D eigenvalue weighted by Crippen LogP contribution is 2.40. The molecule has 0 radical (unpaired) electrons. The van der Waals surface area contributed by atoms with E-state index < -0.39 is 11.6 Å². The van der Waals surface area contributed by atoms with Crippen LogP contribution in [0.15, 0.2) is 36.8 Å². The SMILES string of the molecule is CNc1ncc(C#Cc2ccc(OC3CN(C(C)=O)C3)cn2)c2cc(NC(=O)C3(F)CC3)ncc12. The molecule has 9 nitrogen and oxygen atoms in total. The Labute approximate surface area is 201 Å². The first-order chi connectivity index (χ1) is 16.8. The van der Waals surface area contributed by atoms with Crippen LogP contribution in [0.5, 0.6) is 5.75 Å². The molecule has 10 heteroatoms. The minimum Gasteiger partial charge on any atom is -0.485 e. The Morgan fingerprint density at radius 2 is 1.91 bits per heavy atom. The van der Waals surface area contributed by atoms with Gasteiger partial charge in [0.15, 0.2) is 5.67 Å². The fourth-order valence-electron chi connectivity index (χ4n) is 3.68. The number of halogens is 1. The molecule has 1 saturated heterocycles. The van der Waals surface area contributed by atoms with E-state index in [1.54, 1.807) is 48.7 Å². The fraction of sp³-hybridized carbons (Fsp3) is 0.320. The molecule has 35 heavy (non-hydrogen) atoms. The minimum atomic E-state index is -1.79. The van der Waals surface area contributed by atoms with Crippen molar-refractivity contribution in [1.29, 1.82) is 0 Å². The van der Waals surface area contributed by atoms with Crippen molar-refractivity contribution >= 4 is 34.2 Å². The average molecular weight is 474 g/mol. The van der Waals surface area contributed by atoms with E-state index in [-0.39, 0.29) is 30.7 Å². The van der Waals surface area contributed by atoms with Gasteiger partial charge in [0.05, 0.1) is 24.8 Å². The van der Waals surface area contributed by atoms with Crippen LogP contribution in [0.2, 0.25) is 0 Å². The van der Waals surface area contributed by atoms with Gasteiger partial charge in [0.2, 0.25) is 5.91 Å². The maximum Gasteiger partial charge on any atom is 0.263 e. The molecule has 5 rings (SSSR count). The lowest BCUT2D eigenvalue weighted by molar-refractivity contribution is -0.137. The molecule has 1 saturated carbocycles. The van der Waals surface area contributed by atoms with Crippen LogP contribution in [0.1, 0.15) is 31.0 Å². The van der Waals surface area contributed by atoms with Crippen LogP contribution in [0.4, 0.5) is 16.0 Å². The molecule has 3 aromatic rings. The van der Waals surface area contributed by atoms with Gasteiger partial charge in [-0.25, -0.2) is 19.3 Å². The summed E-state index contributed by atoms with van der Waals surface area (Å²) in [5.74, 6) is 6.93. The smallest absolute Gasteiger partial charge is 0.263 e. The summed E-state index contributed by atoms with van der Waals surface area (Å²) in [7, 11) is 1.75. The third-order valence-electron chi connectivity index (χ3n) is 6.00. The maximum atomic E-state index is 14.1. The number of rotatable bonds is 5. The molecule has 2 N–H and O–H groups in total. The molecule has 0 spiro atoms. The van der Waals surface area contributed by atoms with Crippen molar-refractivity contribution in [2.24, 2.45) is 0 Å². The molecule has 3 aromatic heterocycles. The zero-order chi connectivity index (χ0) is 24.6. The van der Waals surface area contributed by atoms with Crippen LogP contribution in [0.25, 0.3) is 10.8 Å².